The first kappa shape index (κ1) is 14.0. The zero-order valence-electron chi connectivity index (χ0n) is 10.5. The predicted octanol–water partition coefficient (Wildman–Crippen LogP) is 3.64. The summed E-state index contributed by atoms with van der Waals surface area (Å²) in [6, 6.07) is 0. The summed E-state index contributed by atoms with van der Waals surface area (Å²) in [4.78, 5) is 12.1. The zero-order valence-corrected chi connectivity index (χ0v) is 12.1. The largest absolute Gasteiger partial charge is 0.351 e. The SMILES string of the molecule is CCC(C)(CCBr)NC(=O)C1CCCCC1. The molecule has 1 unspecified atom stereocenters. The van der Waals surface area contributed by atoms with E-state index < -0.39 is 0 Å². The molecule has 0 aromatic heterocycles. The second-order valence-electron chi connectivity index (χ2n) is 5.18. The van der Waals surface area contributed by atoms with Crippen LogP contribution in [0.25, 0.3) is 0 Å². The zero-order chi connectivity index (χ0) is 12.0. The van der Waals surface area contributed by atoms with E-state index in [0.29, 0.717) is 0 Å². The Kier molecular flexibility index (Phi) is 5.81. The number of alkyl halides is 1. The van der Waals surface area contributed by atoms with Gasteiger partial charge in [-0.15, -0.1) is 0 Å². The van der Waals surface area contributed by atoms with Crippen molar-refractivity contribution in [2.45, 2.75) is 64.3 Å². The Hall–Kier alpha value is -0.0500. The number of halogens is 1. The van der Waals surface area contributed by atoms with Crippen molar-refractivity contribution in [1.29, 1.82) is 0 Å². The summed E-state index contributed by atoms with van der Waals surface area (Å²) in [5, 5.41) is 4.19. The molecule has 94 valence electrons. The van der Waals surface area contributed by atoms with Gasteiger partial charge in [0.15, 0.2) is 0 Å². The van der Waals surface area contributed by atoms with Gasteiger partial charge in [0.2, 0.25) is 5.91 Å². The molecule has 0 bridgehead atoms. The Morgan fingerprint density at radius 1 is 1.38 bits per heavy atom. The highest BCUT2D eigenvalue weighted by atomic mass is 79.9. The second kappa shape index (κ2) is 6.63. The van der Waals surface area contributed by atoms with Gasteiger partial charge < -0.3 is 5.32 Å². The van der Waals surface area contributed by atoms with E-state index in [-0.39, 0.29) is 17.4 Å². The Balaban J connectivity index is 2.47. The minimum atomic E-state index is -0.0297. The number of carbonyl (C=O) groups is 1. The maximum atomic E-state index is 12.1. The molecule has 1 fully saturated rings. The fourth-order valence-corrected chi connectivity index (χ4v) is 3.18. The molecule has 1 atom stereocenters. The monoisotopic (exact) mass is 289 g/mol. The van der Waals surface area contributed by atoms with Crippen molar-refractivity contribution in [2.75, 3.05) is 5.33 Å². The molecule has 0 radical (unpaired) electrons. The minimum absolute atomic E-state index is 0.0297. The van der Waals surface area contributed by atoms with Crippen molar-refractivity contribution < 1.29 is 4.79 Å². The second-order valence-corrected chi connectivity index (χ2v) is 5.97. The van der Waals surface area contributed by atoms with Crippen molar-refractivity contribution in [2.24, 2.45) is 5.92 Å². The van der Waals surface area contributed by atoms with Crippen molar-refractivity contribution in [3.8, 4) is 0 Å². The van der Waals surface area contributed by atoms with Crippen LogP contribution in [0.5, 0.6) is 0 Å². The normalized spacial score (nSPS) is 21.4. The molecule has 1 saturated carbocycles. The van der Waals surface area contributed by atoms with Gasteiger partial charge >= 0.3 is 0 Å². The summed E-state index contributed by atoms with van der Waals surface area (Å²) in [6.45, 7) is 4.29. The Bertz CT molecular complexity index is 226. The molecule has 0 aromatic rings. The van der Waals surface area contributed by atoms with Crippen LogP contribution in [0.2, 0.25) is 0 Å². The lowest BCUT2D eigenvalue weighted by Crippen LogP contribution is -2.48. The first-order chi connectivity index (χ1) is 7.61. The van der Waals surface area contributed by atoms with E-state index in [1.807, 2.05) is 0 Å². The lowest BCUT2D eigenvalue weighted by atomic mass is 9.87. The van der Waals surface area contributed by atoms with E-state index in [1.54, 1.807) is 0 Å². The van der Waals surface area contributed by atoms with Crippen LogP contribution < -0.4 is 5.32 Å². The van der Waals surface area contributed by atoms with Gasteiger partial charge in [-0.05, 0) is 32.6 Å². The van der Waals surface area contributed by atoms with E-state index >= 15 is 0 Å². The summed E-state index contributed by atoms with van der Waals surface area (Å²) < 4.78 is 0. The molecule has 16 heavy (non-hydrogen) atoms. The molecule has 0 spiro atoms. The quantitative estimate of drug-likeness (QED) is 0.770. The van der Waals surface area contributed by atoms with Crippen LogP contribution >= 0.6 is 15.9 Å². The van der Waals surface area contributed by atoms with Crippen molar-refractivity contribution in [1.82, 2.24) is 5.32 Å². The van der Waals surface area contributed by atoms with Gasteiger partial charge in [-0.2, -0.15) is 0 Å². The Labute approximate surface area is 108 Å². The van der Waals surface area contributed by atoms with Gasteiger partial charge in [0, 0.05) is 16.8 Å². The number of rotatable bonds is 5. The lowest BCUT2D eigenvalue weighted by Gasteiger charge is -2.32. The van der Waals surface area contributed by atoms with E-state index in [4.69, 9.17) is 0 Å². The van der Waals surface area contributed by atoms with Gasteiger partial charge in [-0.25, -0.2) is 0 Å². The van der Waals surface area contributed by atoms with Crippen molar-refractivity contribution in [3.05, 3.63) is 0 Å². The summed E-state index contributed by atoms with van der Waals surface area (Å²) in [6.07, 6.45) is 7.91. The van der Waals surface area contributed by atoms with Crippen LogP contribution in [0.4, 0.5) is 0 Å². The van der Waals surface area contributed by atoms with E-state index in [1.165, 1.54) is 19.3 Å². The standard InChI is InChI=1S/C13H24BrNO/c1-3-13(2,9-10-14)15-12(16)11-7-5-4-6-8-11/h11H,3-10H2,1-2H3,(H,15,16). The number of amides is 1. The van der Waals surface area contributed by atoms with Gasteiger partial charge in [0.05, 0.1) is 0 Å². The highest BCUT2D eigenvalue weighted by Crippen LogP contribution is 2.25. The molecule has 0 aromatic carbocycles. The highest BCUT2D eigenvalue weighted by Gasteiger charge is 2.28. The maximum Gasteiger partial charge on any atom is 0.223 e. The molecule has 0 heterocycles. The van der Waals surface area contributed by atoms with Crippen LogP contribution in [0.1, 0.15) is 58.8 Å². The summed E-state index contributed by atoms with van der Waals surface area (Å²) in [5.74, 6) is 0.556. The van der Waals surface area contributed by atoms with E-state index in [9.17, 15) is 4.79 Å². The number of nitrogens with one attached hydrogen (secondary N) is 1. The van der Waals surface area contributed by atoms with Gasteiger partial charge in [0.1, 0.15) is 0 Å². The van der Waals surface area contributed by atoms with Gasteiger partial charge in [0.25, 0.3) is 0 Å². The first-order valence-electron chi connectivity index (χ1n) is 6.49. The average Bonchev–Trinajstić information content (AvgIpc) is 2.30. The fourth-order valence-electron chi connectivity index (χ4n) is 2.30. The van der Waals surface area contributed by atoms with Crippen LogP contribution in [-0.4, -0.2) is 16.8 Å². The smallest absolute Gasteiger partial charge is 0.223 e. The summed E-state index contributed by atoms with van der Waals surface area (Å²) >= 11 is 3.46. The van der Waals surface area contributed by atoms with Crippen LogP contribution in [0, 0.1) is 5.92 Å². The van der Waals surface area contributed by atoms with Gasteiger partial charge in [-0.3, -0.25) is 4.79 Å². The third-order valence-electron chi connectivity index (χ3n) is 3.83. The fraction of sp³-hybridized carbons (Fsp3) is 0.923. The van der Waals surface area contributed by atoms with Crippen LogP contribution in [0.3, 0.4) is 0 Å². The molecule has 2 nitrogen and oxygen atoms in total. The highest BCUT2D eigenvalue weighted by molar-refractivity contribution is 9.09. The lowest BCUT2D eigenvalue weighted by molar-refractivity contribution is -0.127. The first-order valence-corrected chi connectivity index (χ1v) is 7.61. The van der Waals surface area contributed by atoms with Gasteiger partial charge in [-0.1, -0.05) is 42.1 Å². The Morgan fingerprint density at radius 2 is 2.00 bits per heavy atom. The molecule has 0 saturated heterocycles. The molecule has 1 aliphatic rings. The summed E-state index contributed by atoms with van der Waals surface area (Å²) in [5.41, 5.74) is -0.0297. The maximum absolute atomic E-state index is 12.1. The van der Waals surface area contributed by atoms with E-state index in [0.717, 1.165) is 31.0 Å². The average molecular weight is 290 g/mol. The molecular formula is C13H24BrNO. The Morgan fingerprint density at radius 3 is 2.50 bits per heavy atom. The molecule has 3 heteroatoms. The van der Waals surface area contributed by atoms with Crippen molar-refractivity contribution in [3.63, 3.8) is 0 Å². The number of hydrogen-bond donors (Lipinski definition) is 1. The molecule has 1 amide bonds. The van der Waals surface area contributed by atoms with Crippen molar-refractivity contribution >= 4 is 21.8 Å². The third kappa shape index (κ3) is 4.08. The molecule has 1 N–H and O–H groups in total. The van der Waals surface area contributed by atoms with Crippen LogP contribution in [0.15, 0.2) is 0 Å². The topological polar surface area (TPSA) is 29.1 Å². The van der Waals surface area contributed by atoms with E-state index in [2.05, 4.69) is 35.1 Å². The minimum Gasteiger partial charge on any atom is -0.351 e. The molecule has 1 aliphatic carbocycles. The molecule has 1 rings (SSSR count). The van der Waals surface area contributed by atoms with Crippen LogP contribution in [-0.2, 0) is 4.79 Å². The molecular weight excluding hydrogens is 266 g/mol. The third-order valence-corrected chi connectivity index (χ3v) is 4.22. The number of hydrogen-bond acceptors (Lipinski definition) is 1. The number of carbonyl (C=O) groups excluding carboxylic acids is 1. The summed E-state index contributed by atoms with van der Waals surface area (Å²) in [7, 11) is 0. The molecule has 0 aliphatic heterocycles. The predicted molar refractivity (Wildman–Crippen MR) is 71.8 cm³/mol.